The molecule has 1 N–H and O–H groups in total. The molecule has 8 aromatic carbocycles. The van der Waals surface area contributed by atoms with E-state index in [-0.39, 0.29) is 16.6 Å². The summed E-state index contributed by atoms with van der Waals surface area (Å²) in [5.74, 6) is 0.676. The van der Waals surface area contributed by atoms with Crippen LogP contribution in [0.5, 0.6) is 5.75 Å². The number of aromatic nitrogens is 1. The molecule has 4 nitrogen and oxygen atoms in total. The van der Waals surface area contributed by atoms with Gasteiger partial charge < -0.3 is 9.52 Å². The molecule has 300 valence electrons. The molecule has 0 amide bonds. The highest BCUT2D eigenvalue weighted by molar-refractivity contribution is 7.19. The molecule has 0 aliphatic carbocycles. The predicted molar refractivity (Wildman–Crippen MR) is 259 cm³/mol. The molecule has 61 heavy (non-hydrogen) atoms. The number of fused-ring (bicyclic) bond motifs is 2. The number of aliphatic imine (C=N–C) groups is 1. The van der Waals surface area contributed by atoms with Crippen molar-refractivity contribution in [2.75, 3.05) is 0 Å². The molecule has 0 saturated carbocycles. The van der Waals surface area contributed by atoms with Gasteiger partial charge in [0, 0.05) is 22.7 Å². The van der Waals surface area contributed by atoms with Crippen LogP contribution in [0.2, 0.25) is 0 Å². The molecule has 0 unspecified atom stereocenters. The van der Waals surface area contributed by atoms with Gasteiger partial charge in [-0.25, -0.2) is 4.98 Å². The van der Waals surface area contributed by atoms with E-state index in [9.17, 15) is 5.11 Å². The number of hydrogen-bond donors (Lipinski definition) is 1. The van der Waals surface area contributed by atoms with E-state index in [1.54, 1.807) is 12.3 Å². The summed E-state index contributed by atoms with van der Waals surface area (Å²) >= 11 is 0. The molecule has 0 spiro atoms. The number of oxazole rings is 1. The number of benzene rings is 8. The lowest BCUT2D eigenvalue weighted by Crippen LogP contribution is -2.74. The van der Waals surface area contributed by atoms with Gasteiger partial charge in [-0.15, -0.1) is 0 Å². The van der Waals surface area contributed by atoms with Crippen LogP contribution < -0.4 is 20.7 Å². The summed E-state index contributed by atoms with van der Waals surface area (Å²) in [6.45, 7) is 13.2. The third kappa shape index (κ3) is 7.40. The van der Waals surface area contributed by atoms with Gasteiger partial charge >= 0.3 is 0 Å². The zero-order chi connectivity index (χ0) is 42.4. The molecule has 0 bridgehead atoms. The maximum Gasteiger partial charge on any atom is 0.229 e. The predicted octanol–water partition coefficient (Wildman–Crippen LogP) is 11.7. The van der Waals surface area contributed by atoms with Gasteiger partial charge in [0.25, 0.3) is 0 Å². The van der Waals surface area contributed by atoms with E-state index in [0.29, 0.717) is 11.5 Å². The van der Waals surface area contributed by atoms with Gasteiger partial charge in [-0.3, -0.25) is 4.99 Å². The standard InChI is InChI=1S/C56H50N2O2Si/c1-55(2,3)41-29-33-50(59)40(34-41)37-57-52-47-25-17-16-18-38(47)28-32-48(52)54-58-53-49(35-42(56(4,5)6)36-51(53)60-54)39-26-30-46(31-27-39)61(43-19-10-7-11-20-43,44-21-12-8-13-22-44)45-23-14-9-15-24-45/h7-37,59H,1-6H3. The zero-order valence-corrected chi connectivity index (χ0v) is 36.6. The SMILES string of the molecule is CC(C)(C)c1ccc(O)c(C=Nc2c(-c3nc4c(-c5ccc([Si](c6ccccc6)(c6ccccc6)c6ccccc6)cc5)cc(C(C)(C)C)cc4o3)ccc3ccccc23)c1. The molecule has 9 rings (SSSR count). The van der Waals surface area contributed by atoms with E-state index in [1.165, 1.54) is 20.7 Å². The Balaban J connectivity index is 1.21. The van der Waals surface area contributed by atoms with Gasteiger partial charge in [0.2, 0.25) is 5.89 Å². The maximum absolute atomic E-state index is 10.9. The minimum atomic E-state index is -2.70. The average Bonchev–Trinajstić information content (AvgIpc) is 3.71. The molecule has 0 radical (unpaired) electrons. The normalized spacial score (nSPS) is 12.4. The van der Waals surface area contributed by atoms with Gasteiger partial charge in [-0.2, -0.15) is 0 Å². The molecular formula is C56H50N2O2Si. The van der Waals surface area contributed by atoms with E-state index in [4.69, 9.17) is 14.4 Å². The minimum absolute atomic E-state index is 0.0836. The van der Waals surface area contributed by atoms with Crippen LogP contribution in [0.4, 0.5) is 5.69 Å². The van der Waals surface area contributed by atoms with Crippen LogP contribution in [0.3, 0.4) is 0 Å². The third-order valence-corrected chi connectivity index (χ3v) is 16.8. The fraction of sp³-hybridized carbons (Fsp3) is 0.143. The summed E-state index contributed by atoms with van der Waals surface area (Å²) in [5, 5.41) is 18.3. The number of phenols is 1. The summed E-state index contributed by atoms with van der Waals surface area (Å²) in [6, 6.07) is 64.8. The molecule has 0 atom stereocenters. The van der Waals surface area contributed by atoms with E-state index in [1.807, 2.05) is 30.3 Å². The second-order valence-electron chi connectivity index (χ2n) is 18.0. The number of aromatic hydroxyl groups is 1. The molecular weight excluding hydrogens is 761 g/mol. The molecule has 0 aliphatic rings. The van der Waals surface area contributed by atoms with Crippen LogP contribution in [0.15, 0.2) is 191 Å². The Labute approximate surface area is 360 Å². The Morgan fingerprint density at radius 3 is 1.69 bits per heavy atom. The number of hydrogen-bond acceptors (Lipinski definition) is 4. The Hall–Kier alpha value is -6.82. The number of phenolic OH excluding ortho intramolecular Hbond substituents is 1. The van der Waals surface area contributed by atoms with E-state index < -0.39 is 8.07 Å². The lowest BCUT2D eigenvalue weighted by Gasteiger charge is -2.34. The topological polar surface area (TPSA) is 58.6 Å². The molecule has 9 aromatic rings. The van der Waals surface area contributed by atoms with Gasteiger partial charge in [0.15, 0.2) is 13.7 Å². The minimum Gasteiger partial charge on any atom is -0.507 e. The molecule has 0 saturated heterocycles. The first-order valence-corrected chi connectivity index (χ1v) is 23.0. The van der Waals surface area contributed by atoms with Crippen molar-refractivity contribution in [3.8, 4) is 28.3 Å². The first-order chi connectivity index (χ1) is 29.4. The fourth-order valence-electron chi connectivity index (χ4n) is 8.59. The van der Waals surface area contributed by atoms with Crippen molar-refractivity contribution in [2.45, 2.75) is 52.4 Å². The third-order valence-electron chi connectivity index (χ3n) is 12.0. The van der Waals surface area contributed by atoms with Gasteiger partial charge in [0.1, 0.15) is 11.3 Å². The summed E-state index contributed by atoms with van der Waals surface area (Å²) in [6.07, 6.45) is 1.76. The van der Waals surface area contributed by atoms with Crippen molar-refractivity contribution in [2.24, 2.45) is 4.99 Å². The first kappa shape index (κ1) is 39.6. The highest BCUT2D eigenvalue weighted by Gasteiger charge is 2.41. The first-order valence-electron chi connectivity index (χ1n) is 21.0. The number of nitrogens with zero attached hydrogens (tertiary/aromatic N) is 2. The van der Waals surface area contributed by atoms with Crippen molar-refractivity contribution in [1.29, 1.82) is 0 Å². The van der Waals surface area contributed by atoms with Crippen molar-refractivity contribution in [1.82, 2.24) is 4.98 Å². The lowest BCUT2D eigenvalue weighted by molar-refractivity contribution is 0.473. The van der Waals surface area contributed by atoms with Crippen LogP contribution in [0, 0.1) is 0 Å². The fourth-order valence-corrected chi connectivity index (χ4v) is 13.3. The lowest BCUT2D eigenvalue weighted by atomic mass is 9.85. The van der Waals surface area contributed by atoms with Crippen molar-refractivity contribution in [3.05, 3.63) is 199 Å². The van der Waals surface area contributed by atoms with Crippen molar-refractivity contribution in [3.63, 3.8) is 0 Å². The Morgan fingerprint density at radius 1 is 0.541 bits per heavy atom. The van der Waals surface area contributed by atoms with Gasteiger partial charge in [0.05, 0.1) is 11.3 Å². The van der Waals surface area contributed by atoms with Crippen LogP contribution in [-0.4, -0.2) is 24.4 Å². The largest absolute Gasteiger partial charge is 0.507 e. The molecule has 1 aromatic heterocycles. The quantitative estimate of drug-likeness (QED) is 0.0945. The van der Waals surface area contributed by atoms with E-state index in [0.717, 1.165) is 55.4 Å². The molecule has 1 heterocycles. The van der Waals surface area contributed by atoms with Crippen LogP contribution in [0.25, 0.3) is 44.5 Å². The monoisotopic (exact) mass is 810 g/mol. The summed E-state index contributed by atoms with van der Waals surface area (Å²) in [7, 11) is -2.70. The van der Waals surface area contributed by atoms with Crippen molar-refractivity contribution < 1.29 is 9.52 Å². The summed E-state index contributed by atoms with van der Waals surface area (Å²) in [4.78, 5) is 10.4. The maximum atomic E-state index is 10.9. The van der Waals surface area contributed by atoms with Crippen molar-refractivity contribution >= 4 is 62.6 Å². The number of rotatable bonds is 8. The van der Waals surface area contributed by atoms with Gasteiger partial charge in [-0.05, 0) is 84.0 Å². The Kier molecular flexibility index (Phi) is 10.2. The van der Waals surface area contributed by atoms with E-state index >= 15 is 0 Å². The van der Waals surface area contributed by atoms with Gasteiger partial charge in [-0.1, -0.05) is 193 Å². The van der Waals surface area contributed by atoms with E-state index in [2.05, 4.69) is 187 Å². The smallest absolute Gasteiger partial charge is 0.229 e. The molecule has 5 heteroatoms. The van der Waals surface area contributed by atoms with Crippen LogP contribution in [-0.2, 0) is 10.8 Å². The Bertz CT molecular complexity index is 2930. The second kappa shape index (κ2) is 15.7. The Morgan fingerprint density at radius 2 is 1.10 bits per heavy atom. The van der Waals surface area contributed by atoms with Crippen LogP contribution in [0.1, 0.15) is 58.2 Å². The molecule has 0 fully saturated rings. The summed E-state index contributed by atoms with van der Waals surface area (Å²) < 4.78 is 6.81. The summed E-state index contributed by atoms with van der Waals surface area (Å²) in [5.41, 5.74) is 7.83. The highest BCUT2D eigenvalue weighted by atomic mass is 28.3. The second-order valence-corrected chi connectivity index (χ2v) is 21.8. The van der Waals surface area contributed by atoms with Crippen LogP contribution >= 0.6 is 0 Å². The average molecular weight is 811 g/mol. The molecule has 0 aliphatic heterocycles. The highest BCUT2D eigenvalue weighted by Crippen LogP contribution is 2.41. The zero-order valence-electron chi connectivity index (χ0n) is 35.6.